The Morgan fingerprint density at radius 2 is 2.10 bits per heavy atom. The minimum absolute atomic E-state index is 0.131. The molecule has 0 unspecified atom stereocenters. The third-order valence-corrected chi connectivity index (χ3v) is 3.97. The summed E-state index contributed by atoms with van der Waals surface area (Å²) in [6.45, 7) is 4.19. The fourth-order valence-corrected chi connectivity index (χ4v) is 2.52. The van der Waals surface area contributed by atoms with E-state index >= 15 is 0 Å². The molecule has 4 nitrogen and oxygen atoms in total. The van der Waals surface area contributed by atoms with Crippen molar-refractivity contribution in [1.82, 2.24) is 10.3 Å². The number of nitrogens with two attached hydrogens (primary N) is 1. The maximum atomic E-state index is 12.3. The molecule has 3 N–H and O–H groups in total. The summed E-state index contributed by atoms with van der Waals surface area (Å²) in [5, 5.41) is 5.76. The highest BCUT2D eigenvalue weighted by molar-refractivity contribution is 7.09. The second-order valence-corrected chi connectivity index (χ2v) is 5.89. The SMILES string of the molecule is CC(C)(NC(=O)c1ccc(C#CCN)cc1)c1nccs1. The summed E-state index contributed by atoms with van der Waals surface area (Å²) in [5.41, 5.74) is 6.27. The average Bonchev–Trinajstić information content (AvgIpc) is 3.00. The van der Waals surface area contributed by atoms with Gasteiger partial charge in [0.25, 0.3) is 5.91 Å². The van der Waals surface area contributed by atoms with Crippen LogP contribution >= 0.6 is 11.3 Å². The van der Waals surface area contributed by atoms with E-state index in [-0.39, 0.29) is 5.91 Å². The fraction of sp³-hybridized carbons (Fsp3) is 0.250. The Kier molecular flexibility index (Phi) is 4.73. The van der Waals surface area contributed by atoms with Crippen LogP contribution in [0.3, 0.4) is 0 Å². The second-order valence-electron chi connectivity index (χ2n) is 5.00. The summed E-state index contributed by atoms with van der Waals surface area (Å²) in [5.74, 6) is 5.58. The van der Waals surface area contributed by atoms with Gasteiger partial charge in [0.1, 0.15) is 5.01 Å². The normalized spacial score (nSPS) is 10.6. The van der Waals surface area contributed by atoms with Gasteiger partial charge < -0.3 is 11.1 Å². The molecule has 1 amide bonds. The van der Waals surface area contributed by atoms with Gasteiger partial charge in [0.15, 0.2) is 0 Å². The number of benzene rings is 1. The van der Waals surface area contributed by atoms with E-state index in [0.717, 1.165) is 10.6 Å². The molecule has 21 heavy (non-hydrogen) atoms. The molecule has 108 valence electrons. The summed E-state index contributed by atoms with van der Waals surface area (Å²) < 4.78 is 0. The lowest BCUT2D eigenvalue weighted by atomic mass is 10.1. The van der Waals surface area contributed by atoms with Crippen molar-refractivity contribution in [3.05, 3.63) is 52.0 Å². The number of rotatable bonds is 3. The van der Waals surface area contributed by atoms with E-state index in [0.29, 0.717) is 12.1 Å². The van der Waals surface area contributed by atoms with Crippen molar-refractivity contribution < 1.29 is 4.79 Å². The first-order valence-corrected chi connectivity index (χ1v) is 7.42. The summed E-state index contributed by atoms with van der Waals surface area (Å²) in [4.78, 5) is 16.5. The van der Waals surface area contributed by atoms with Gasteiger partial charge in [-0.1, -0.05) is 11.8 Å². The molecule has 0 aliphatic carbocycles. The van der Waals surface area contributed by atoms with E-state index < -0.39 is 5.54 Å². The smallest absolute Gasteiger partial charge is 0.252 e. The Bertz CT molecular complexity index is 664. The number of carbonyl (C=O) groups is 1. The van der Waals surface area contributed by atoms with Crippen molar-refractivity contribution in [2.45, 2.75) is 19.4 Å². The maximum Gasteiger partial charge on any atom is 0.252 e. The van der Waals surface area contributed by atoms with Crippen molar-refractivity contribution in [3.8, 4) is 11.8 Å². The molecule has 2 rings (SSSR count). The van der Waals surface area contributed by atoms with Gasteiger partial charge in [-0.3, -0.25) is 4.79 Å². The number of nitrogens with zero attached hydrogens (tertiary/aromatic N) is 1. The lowest BCUT2D eigenvalue weighted by Crippen LogP contribution is -2.40. The molecule has 0 saturated carbocycles. The Balaban J connectivity index is 2.10. The van der Waals surface area contributed by atoms with Gasteiger partial charge in [-0.25, -0.2) is 4.98 Å². The van der Waals surface area contributed by atoms with Gasteiger partial charge in [0.05, 0.1) is 12.1 Å². The first kappa shape index (κ1) is 15.2. The van der Waals surface area contributed by atoms with Crippen LogP contribution < -0.4 is 11.1 Å². The molecule has 0 bridgehead atoms. The molecule has 5 heteroatoms. The van der Waals surface area contributed by atoms with Crippen LogP contribution in [0.5, 0.6) is 0 Å². The molecule has 0 aliphatic heterocycles. The molecule has 1 heterocycles. The Morgan fingerprint density at radius 1 is 1.38 bits per heavy atom. The molecule has 0 atom stereocenters. The Hall–Kier alpha value is -2.16. The lowest BCUT2D eigenvalue weighted by molar-refractivity contribution is 0.0912. The standard InChI is InChI=1S/C16H17N3OS/c1-16(2,15-18-10-11-21-15)19-14(20)13-7-5-12(6-8-13)4-3-9-17/h5-8,10-11H,9,17H2,1-2H3,(H,19,20). The number of carbonyl (C=O) groups excluding carboxylic acids is 1. The summed E-state index contributed by atoms with van der Waals surface area (Å²) >= 11 is 1.52. The van der Waals surface area contributed by atoms with Crippen LogP contribution in [0.1, 0.15) is 34.8 Å². The van der Waals surface area contributed by atoms with Gasteiger partial charge in [-0.2, -0.15) is 0 Å². The van der Waals surface area contributed by atoms with E-state index in [1.807, 2.05) is 31.4 Å². The predicted octanol–water partition coefficient (Wildman–Crippen LogP) is 2.12. The molecule has 0 spiro atoms. The van der Waals surface area contributed by atoms with Crippen molar-refractivity contribution in [2.75, 3.05) is 6.54 Å². The monoisotopic (exact) mass is 299 g/mol. The molecular weight excluding hydrogens is 282 g/mol. The number of thiazole rings is 1. The number of aromatic nitrogens is 1. The zero-order valence-corrected chi connectivity index (χ0v) is 12.8. The Morgan fingerprint density at radius 3 is 2.67 bits per heavy atom. The van der Waals surface area contributed by atoms with E-state index in [2.05, 4.69) is 22.1 Å². The van der Waals surface area contributed by atoms with Crippen LogP contribution in [0.2, 0.25) is 0 Å². The van der Waals surface area contributed by atoms with Crippen molar-refractivity contribution in [2.24, 2.45) is 5.73 Å². The third-order valence-electron chi connectivity index (χ3n) is 2.87. The van der Waals surface area contributed by atoms with Crippen molar-refractivity contribution in [1.29, 1.82) is 0 Å². The third kappa shape index (κ3) is 3.91. The highest BCUT2D eigenvalue weighted by Crippen LogP contribution is 2.22. The van der Waals surface area contributed by atoms with Crippen LogP contribution in [-0.2, 0) is 5.54 Å². The Labute approximate surface area is 128 Å². The van der Waals surface area contributed by atoms with Gasteiger partial charge in [-0.05, 0) is 38.1 Å². The van der Waals surface area contributed by atoms with Crippen molar-refractivity contribution in [3.63, 3.8) is 0 Å². The van der Waals surface area contributed by atoms with Gasteiger partial charge in [0.2, 0.25) is 0 Å². The largest absolute Gasteiger partial charge is 0.341 e. The maximum absolute atomic E-state index is 12.3. The van der Waals surface area contributed by atoms with Crippen LogP contribution in [0.25, 0.3) is 0 Å². The first-order valence-electron chi connectivity index (χ1n) is 6.54. The highest BCUT2D eigenvalue weighted by atomic mass is 32.1. The minimum atomic E-state index is -0.497. The number of hydrogen-bond acceptors (Lipinski definition) is 4. The van der Waals surface area contributed by atoms with Gasteiger partial charge in [-0.15, -0.1) is 11.3 Å². The number of hydrogen-bond donors (Lipinski definition) is 2. The average molecular weight is 299 g/mol. The van der Waals surface area contributed by atoms with E-state index in [1.54, 1.807) is 18.3 Å². The molecule has 2 aromatic rings. The first-order chi connectivity index (χ1) is 10.0. The molecule has 0 fully saturated rings. The molecule has 0 aliphatic rings. The van der Waals surface area contributed by atoms with E-state index in [4.69, 9.17) is 5.73 Å². The van der Waals surface area contributed by atoms with Gasteiger partial charge >= 0.3 is 0 Å². The zero-order chi connectivity index (χ0) is 15.3. The topological polar surface area (TPSA) is 68.0 Å². The van der Waals surface area contributed by atoms with Gasteiger partial charge in [0, 0.05) is 22.7 Å². The molecule has 1 aromatic heterocycles. The van der Waals surface area contributed by atoms with Crippen LogP contribution in [-0.4, -0.2) is 17.4 Å². The van der Waals surface area contributed by atoms with Crippen LogP contribution in [0.15, 0.2) is 35.8 Å². The minimum Gasteiger partial charge on any atom is -0.341 e. The lowest BCUT2D eigenvalue weighted by Gasteiger charge is -2.23. The molecule has 0 saturated heterocycles. The molecular formula is C16H17N3OS. The van der Waals surface area contributed by atoms with Crippen LogP contribution in [0.4, 0.5) is 0 Å². The summed E-state index contributed by atoms with van der Waals surface area (Å²) in [6, 6.07) is 7.14. The van der Waals surface area contributed by atoms with Crippen molar-refractivity contribution >= 4 is 17.2 Å². The summed E-state index contributed by atoms with van der Waals surface area (Å²) in [6.07, 6.45) is 1.73. The second kappa shape index (κ2) is 6.53. The molecule has 0 radical (unpaired) electrons. The molecule has 1 aromatic carbocycles. The summed E-state index contributed by atoms with van der Waals surface area (Å²) in [7, 11) is 0. The number of nitrogens with one attached hydrogen (secondary N) is 1. The quantitative estimate of drug-likeness (QED) is 0.853. The zero-order valence-electron chi connectivity index (χ0n) is 12.0. The number of amides is 1. The van der Waals surface area contributed by atoms with Crippen LogP contribution in [0, 0.1) is 11.8 Å². The highest BCUT2D eigenvalue weighted by Gasteiger charge is 2.25. The fourth-order valence-electron chi connectivity index (χ4n) is 1.80. The van der Waals surface area contributed by atoms with E-state index in [9.17, 15) is 4.79 Å². The van der Waals surface area contributed by atoms with E-state index in [1.165, 1.54) is 11.3 Å². The predicted molar refractivity (Wildman–Crippen MR) is 85.0 cm³/mol.